The number of fused-ring (bicyclic) bond motifs is 1. The lowest BCUT2D eigenvalue weighted by Gasteiger charge is -2.24. The number of aromatic nitrogens is 2. The quantitative estimate of drug-likeness (QED) is 0.916. The van der Waals surface area contributed by atoms with Crippen LogP contribution in [-0.4, -0.2) is 58.8 Å². The van der Waals surface area contributed by atoms with E-state index in [-0.39, 0.29) is 11.4 Å². The number of urea groups is 1. The summed E-state index contributed by atoms with van der Waals surface area (Å²) in [7, 11) is 3.98. The molecular formula is C17H23N5O2. The summed E-state index contributed by atoms with van der Waals surface area (Å²) in [6.07, 6.45) is 3.41. The second-order valence-corrected chi connectivity index (χ2v) is 7.40. The third-order valence-corrected chi connectivity index (χ3v) is 5.25. The summed E-state index contributed by atoms with van der Waals surface area (Å²) in [5.74, 6) is 1.20. The highest BCUT2D eigenvalue weighted by molar-refractivity contribution is 5.93. The van der Waals surface area contributed by atoms with Crippen molar-refractivity contribution in [3.05, 3.63) is 24.6 Å². The standard InChI is InChI=1S/C17H23N5O2/c1-17-10-20(2)7-12(17)8-22(11-17)16(23)18-13-9-21(3)19-15(13)14-5-4-6-24-14/h4-6,9,12H,7-8,10-11H2,1-3H3,(H,18,23)/t12-,17+/m1/s1. The molecule has 0 aromatic carbocycles. The molecule has 128 valence electrons. The van der Waals surface area contributed by atoms with E-state index in [0.29, 0.717) is 23.1 Å². The summed E-state index contributed by atoms with van der Waals surface area (Å²) in [4.78, 5) is 17.0. The van der Waals surface area contributed by atoms with Crippen molar-refractivity contribution in [2.75, 3.05) is 38.5 Å². The van der Waals surface area contributed by atoms with E-state index >= 15 is 0 Å². The van der Waals surface area contributed by atoms with Crippen LogP contribution in [0.1, 0.15) is 6.92 Å². The van der Waals surface area contributed by atoms with Crippen LogP contribution in [0, 0.1) is 11.3 Å². The van der Waals surface area contributed by atoms with Crippen LogP contribution in [0.3, 0.4) is 0 Å². The number of carbonyl (C=O) groups is 1. The van der Waals surface area contributed by atoms with Crippen molar-refractivity contribution < 1.29 is 9.21 Å². The van der Waals surface area contributed by atoms with Crippen LogP contribution in [0.5, 0.6) is 0 Å². The molecule has 0 aliphatic carbocycles. The number of carbonyl (C=O) groups excluding carboxylic acids is 1. The molecule has 7 nitrogen and oxygen atoms in total. The van der Waals surface area contributed by atoms with Gasteiger partial charge in [0.1, 0.15) is 0 Å². The number of likely N-dealkylation sites (tertiary alicyclic amines) is 2. The second-order valence-electron chi connectivity index (χ2n) is 7.40. The number of hydrogen-bond acceptors (Lipinski definition) is 4. The van der Waals surface area contributed by atoms with Crippen LogP contribution in [0.15, 0.2) is 29.0 Å². The fraction of sp³-hybridized carbons (Fsp3) is 0.529. The predicted molar refractivity (Wildman–Crippen MR) is 90.6 cm³/mol. The summed E-state index contributed by atoms with van der Waals surface area (Å²) in [5.41, 5.74) is 1.53. The fourth-order valence-corrected chi connectivity index (χ4v) is 4.15. The van der Waals surface area contributed by atoms with Gasteiger partial charge in [0.05, 0.1) is 12.0 Å². The van der Waals surface area contributed by atoms with Crippen molar-refractivity contribution in [1.82, 2.24) is 19.6 Å². The molecule has 24 heavy (non-hydrogen) atoms. The van der Waals surface area contributed by atoms with Crippen LogP contribution in [0.2, 0.25) is 0 Å². The van der Waals surface area contributed by atoms with Crippen LogP contribution >= 0.6 is 0 Å². The maximum Gasteiger partial charge on any atom is 0.321 e. The van der Waals surface area contributed by atoms with E-state index < -0.39 is 0 Å². The summed E-state index contributed by atoms with van der Waals surface area (Å²) >= 11 is 0. The second kappa shape index (κ2) is 5.37. The van der Waals surface area contributed by atoms with Gasteiger partial charge < -0.3 is 19.5 Å². The maximum atomic E-state index is 12.7. The SMILES string of the molecule is CN1C[C@@H]2CN(C(=O)Nc3cn(C)nc3-c3ccco3)C[C@]2(C)C1. The fourth-order valence-electron chi connectivity index (χ4n) is 4.15. The minimum atomic E-state index is -0.0610. The number of hydrogen-bond donors (Lipinski definition) is 1. The molecule has 0 bridgehead atoms. The van der Waals surface area contributed by atoms with E-state index in [9.17, 15) is 4.79 Å². The number of rotatable bonds is 2. The van der Waals surface area contributed by atoms with Gasteiger partial charge in [-0.05, 0) is 25.1 Å². The van der Waals surface area contributed by atoms with Gasteiger partial charge in [0.15, 0.2) is 11.5 Å². The zero-order chi connectivity index (χ0) is 16.9. The van der Waals surface area contributed by atoms with E-state index in [2.05, 4.69) is 29.3 Å². The zero-order valence-electron chi connectivity index (χ0n) is 14.3. The van der Waals surface area contributed by atoms with Crippen molar-refractivity contribution in [3.8, 4) is 11.5 Å². The Balaban J connectivity index is 1.50. The van der Waals surface area contributed by atoms with Crippen molar-refractivity contribution >= 4 is 11.7 Å². The first kappa shape index (κ1) is 15.3. The first-order valence-electron chi connectivity index (χ1n) is 8.26. The monoisotopic (exact) mass is 329 g/mol. The molecule has 2 atom stereocenters. The van der Waals surface area contributed by atoms with E-state index in [1.54, 1.807) is 10.9 Å². The number of nitrogens with one attached hydrogen (secondary N) is 1. The lowest BCUT2D eigenvalue weighted by atomic mass is 9.83. The molecule has 2 amide bonds. The van der Waals surface area contributed by atoms with E-state index in [1.807, 2.05) is 30.3 Å². The van der Waals surface area contributed by atoms with Gasteiger partial charge in [0.25, 0.3) is 0 Å². The van der Waals surface area contributed by atoms with Crippen LogP contribution in [0.25, 0.3) is 11.5 Å². The van der Waals surface area contributed by atoms with Crippen molar-refractivity contribution in [1.29, 1.82) is 0 Å². The Morgan fingerprint density at radius 3 is 2.92 bits per heavy atom. The number of amides is 2. The first-order chi connectivity index (χ1) is 11.4. The topological polar surface area (TPSA) is 66.5 Å². The lowest BCUT2D eigenvalue weighted by Crippen LogP contribution is -2.37. The Hall–Kier alpha value is -2.28. The number of furan rings is 1. The van der Waals surface area contributed by atoms with Gasteiger partial charge in [-0.25, -0.2) is 4.79 Å². The van der Waals surface area contributed by atoms with Gasteiger partial charge in [-0.3, -0.25) is 4.68 Å². The summed E-state index contributed by atoms with van der Waals surface area (Å²) < 4.78 is 7.11. The minimum absolute atomic E-state index is 0.0610. The van der Waals surface area contributed by atoms with Gasteiger partial charge in [0.2, 0.25) is 0 Å². The average molecular weight is 329 g/mol. The van der Waals surface area contributed by atoms with Gasteiger partial charge >= 0.3 is 6.03 Å². The Kier molecular flexibility index (Phi) is 3.42. The molecule has 2 aliphatic rings. The Morgan fingerprint density at radius 2 is 2.21 bits per heavy atom. The third kappa shape index (κ3) is 2.49. The Morgan fingerprint density at radius 1 is 1.38 bits per heavy atom. The molecule has 0 saturated carbocycles. The number of nitrogens with zero attached hydrogens (tertiary/aromatic N) is 4. The molecule has 2 saturated heterocycles. The maximum absolute atomic E-state index is 12.7. The summed E-state index contributed by atoms with van der Waals surface area (Å²) in [6.45, 7) is 6.00. The van der Waals surface area contributed by atoms with E-state index in [4.69, 9.17) is 4.42 Å². The number of aryl methyl sites for hydroxylation is 1. The highest BCUT2D eigenvalue weighted by Gasteiger charge is 2.49. The molecule has 2 aliphatic heterocycles. The Bertz CT molecular complexity index is 753. The molecule has 0 unspecified atom stereocenters. The molecule has 2 aromatic heterocycles. The first-order valence-corrected chi connectivity index (χ1v) is 8.26. The summed E-state index contributed by atoms with van der Waals surface area (Å²) in [5, 5.41) is 7.41. The molecule has 0 spiro atoms. The molecule has 2 fully saturated rings. The van der Waals surface area contributed by atoms with Crippen molar-refractivity contribution in [2.45, 2.75) is 6.92 Å². The predicted octanol–water partition coefficient (Wildman–Crippen LogP) is 2.10. The largest absolute Gasteiger partial charge is 0.463 e. The molecule has 7 heteroatoms. The molecule has 4 rings (SSSR count). The highest BCUT2D eigenvalue weighted by atomic mass is 16.3. The molecular weight excluding hydrogens is 306 g/mol. The highest BCUT2D eigenvalue weighted by Crippen LogP contribution is 2.41. The normalized spacial score (nSPS) is 26.8. The van der Waals surface area contributed by atoms with Gasteiger partial charge in [-0.2, -0.15) is 5.10 Å². The van der Waals surface area contributed by atoms with Crippen LogP contribution in [-0.2, 0) is 7.05 Å². The minimum Gasteiger partial charge on any atom is -0.463 e. The average Bonchev–Trinajstić information content (AvgIpc) is 3.22. The molecule has 2 aromatic rings. The van der Waals surface area contributed by atoms with Crippen LogP contribution < -0.4 is 5.32 Å². The van der Waals surface area contributed by atoms with Crippen molar-refractivity contribution in [3.63, 3.8) is 0 Å². The van der Waals surface area contributed by atoms with Gasteiger partial charge in [0, 0.05) is 44.8 Å². The molecule has 4 heterocycles. The van der Waals surface area contributed by atoms with E-state index in [0.717, 1.165) is 26.2 Å². The molecule has 1 N–H and O–H groups in total. The van der Waals surface area contributed by atoms with Gasteiger partial charge in [-0.1, -0.05) is 6.92 Å². The Labute approximate surface area is 141 Å². The third-order valence-electron chi connectivity index (χ3n) is 5.25. The lowest BCUT2D eigenvalue weighted by molar-refractivity contribution is 0.209. The van der Waals surface area contributed by atoms with E-state index in [1.165, 1.54) is 0 Å². The number of anilines is 1. The zero-order valence-corrected chi connectivity index (χ0v) is 14.3. The van der Waals surface area contributed by atoms with Gasteiger partial charge in [-0.15, -0.1) is 0 Å². The molecule has 0 radical (unpaired) electrons. The summed E-state index contributed by atoms with van der Waals surface area (Å²) in [6, 6.07) is 3.60. The van der Waals surface area contributed by atoms with Crippen molar-refractivity contribution in [2.24, 2.45) is 18.4 Å². The smallest absolute Gasteiger partial charge is 0.321 e. The van der Waals surface area contributed by atoms with Crippen LogP contribution in [0.4, 0.5) is 10.5 Å².